The van der Waals surface area contributed by atoms with Gasteiger partial charge in [0.15, 0.2) is 28.4 Å². The highest BCUT2D eigenvalue weighted by Gasteiger charge is 2.20. The highest BCUT2D eigenvalue weighted by Crippen LogP contribution is 2.23. The third-order valence-corrected chi connectivity index (χ3v) is 2.82. The van der Waals surface area contributed by atoms with Gasteiger partial charge in [-0.25, -0.2) is 17.6 Å². The van der Waals surface area contributed by atoms with Crippen molar-refractivity contribution in [2.75, 3.05) is 5.32 Å². The lowest BCUT2D eigenvalue weighted by Gasteiger charge is -2.11. The molecule has 0 unspecified atom stereocenters. The van der Waals surface area contributed by atoms with Crippen molar-refractivity contribution in [2.24, 2.45) is 0 Å². The van der Waals surface area contributed by atoms with Crippen LogP contribution in [0, 0.1) is 23.3 Å². The molecule has 0 saturated carbocycles. The molecule has 0 spiro atoms. The molecule has 0 aliphatic heterocycles. The molecule has 2 N–H and O–H groups in total. The zero-order valence-corrected chi connectivity index (χ0v) is 11.6. The molecule has 3 nitrogen and oxygen atoms in total. The molecule has 0 aliphatic rings. The smallest absolute Gasteiger partial charge is 0.257 e. The molecule has 2 aromatic carbocycles. The molecule has 2 aromatic rings. The molecule has 0 aromatic heterocycles. The number of amides is 1. The fourth-order valence-electron chi connectivity index (χ4n) is 1.59. The highest BCUT2D eigenvalue weighted by molar-refractivity contribution is 7.80. The summed E-state index contributed by atoms with van der Waals surface area (Å²) < 4.78 is 53.0. The molecule has 114 valence electrons. The van der Waals surface area contributed by atoms with Gasteiger partial charge >= 0.3 is 0 Å². The number of halogens is 4. The van der Waals surface area contributed by atoms with Crippen molar-refractivity contribution in [3.05, 3.63) is 65.2 Å². The van der Waals surface area contributed by atoms with Gasteiger partial charge in [0.25, 0.3) is 5.91 Å². The predicted octanol–water partition coefficient (Wildman–Crippen LogP) is 3.37. The third-order valence-electron chi connectivity index (χ3n) is 2.61. The third kappa shape index (κ3) is 3.40. The van der Waals surface area contributed by atoms with E-state index in [4.69, 9.17) is 12.2 Å². The van der Waals surface area contributed by atoms with E-state index in [0.29, 0.717) is 0 Å². The van der Waals surface area contributed by atoms with E-state index in [1.54, 1.807) is 18.2 Å². The van der Waals surface area contributed by atoms with Gasteiger partial charge in [-0.05, 0) is 24.4 Å². The van der Waals surface area contributed by atoms with Crippen molar-refractivity contribution in [3.8, 4) is 0 Å². The van der Waals surface area contributed by atoms with Gasteiger partial charge in [-0.15, -0.1) is 0 Å². The molecule has 0 aliphatic carbocycles. The normalized spacial score (nSPS) is 10.2. The van der Waals surface area contributed by atoms with E-state index in [1.165, 1.54) is 12.1 Å². The van der Waals surface area contributed by atoms with Crippen molar-refractivity contribution < 1.29 is 22.4 Å². The van der Waals surface area contributed by atoms with Gasteiger partial charge in [-0.3, -0.25) is 10.1 Å². The van der Waals surface area contributed by atoms with Crippen LogP contribution in [0.4, 0.5) is 23.2 Å². The van der Waals surface area contributed by atoms with Gasteiger partial charge in [-0.1, -0.05) is 18.2 Å². The van der Waals surface area contributed by atoms with E-state index in [9.17, 15) is 22.4 Å². The summed E-state index contributed by atoms with van der Waals surface area (Å²) in [5.74, 6) is -7.10. The minimum atomic E-state index is -1.64. The molecule has 8 heteroatoms. The molecular formula is C14H8F4N2OS. The SMILES string of the molecule is O=C(NC(=S)Nc1c(F)c(F)cc(F)c1F)c1ccccc1. The molecule has 0 atom stereocenters. The lowest BCUT2D eigenvalue weighted by Crippen LogP contribution is -2.34. The first-order valence-electron chi connectivity index (χ1n) is 5.90. The van der Waals surface area contributed by atoms with Gasteiger partial charge in [0.05, 0.1) is 0 Å². The summed E-state index contributed by atoms with van der Waals surface area (Å²) >= 11 is 4.70. The van der Waals surface area contributed by atoms with Gasteiger partial charge in [0.1, 0.15) is 5.69 Å². The number of carbonyl (C=O) groups is 1. The number of benzene rings is 2. The average Bonchev–Trinajstić information content (AvgIpc) is 2.50. The predicted molar refractivity (Wildman–Crippen MR) is 76.4 cm³/mol. The van der Waals surface area contributed by atoms with Gasteiger partial charge in [-0.2, -0.15) is 0 Å². The number of anilines is 1. The molecular weight excluding hydrogens is 320 g/mol. The van der Waals surface area contributed by atoms with Crippen LogP contribution >= 0.6 is 12.2 Å². The fraction of sp³-hybridized carbons (Fsp3) is 0. The van der Waals surface area contributed by atoms with E-state index in [1.807, 2.05) is 5.32 Å². The van der Waals surface area contributed by atoms with Gasteiger partial charge in [0, 0.05) is 11.6 Å². The Hall–Kier alpha value is -2.48. The second kappa shape index (κ2) is 6.52. The zero-order valence-electron chi connectivity index (χ0n) is 10.8. The van der Waals surface area contributed by atoms with E-state index < -0.39 is 40.0 Å². The Balaban J connectivity index is 2.15. The van der Waals surface area contributed by atoms with Crippen LogP contribution in [0.25, 0.3) is 0 Å². The molecule has 1 amide bonds. The van der Waals surface area contributed by atoms with Crippen LogP contribution in [0.3, 0.4) is 0 Å². The first-order valence-corrected chi connectivity index (χ1v) is 6.31. The van der Waals surface area contributed by atoms with Crippen molar-refractivity contribution in [3.63, 3.8) is 0 Å². The largest absolute Gasteiger partial charge is 0.327 e. The second-order valence-corrected chi connectivity index (χ2v) is 4.53. The molecule has 0 radical (unpaired) electrons. The lowest BCUT2D eigenvalue weighted by atomic mass is 10.2. The van der Waals surface area contributed by atoms with Crippen LogP contribution in [0.5, 0.6) is 0 Å². The van der Waals surface area contributed by atoms with Crippen molar-refractivity contribution in [1.29, 1.82) is 0 Å². The molecule has 0 bridgehead atoms. The topological polar surface area (TPSA) is 41.1 Å². The molecule has 0 fully saturated rings. The molecule has 0 heterocycles. The zero-order chi connectivity index (χ0) is 16.3. The van der Waals surface area contributed by atoms with Crippen LogP contribution in [0.2, 0.25) is 0 Å². The Labute approximate surface area is 128 Å². The number of carbonyl (C=O) groups excluding carboxylic acids is 1. The van der Waals surface area contributed by atoms with Crippen LogP contribution in [0.15, 0.2) is 36.4 Å². The van der Waals surface area contributed by atoms with Gasteiger partial charge < -0.3 is 5.32 Å². The van der Waals surface area contributed by atoms with Crippen LogP contribution in [0.1, 0.15) is 10.4 Å². The summed E-state index contributed by atoms with van der Waals surface area (Å²) in [4.78, 5) is 11.8. The summed E-state index contributed by atoms with van der Waals surface area (Å²) in [6, 6.07) is 7.94. The van der Waals surface area contributed by atoms with E-state index in [0.717, 1.165) is 0 Å². The van der Waals surface area contributed by atoms with Crippen LogP contribution in [-0.4, -0.2) is 11.0 Å². The Bertz CT molecular complexity index is 711. The maximum absolute atomic E-state index is 13.4. The number of rotatable bonds is 2. The minimum absolute atomic E-state index is 0.0709. The Kier molecular flexibility index (Phi) is 4.71. The standard InChI is InChI=1S/C14H8F4N2OS/c15-8-6-9(16)11(18)12(10(8)17)19-14(22)20-13(21)7-4-2-1-3-5-7/h1-6H,(H2,19,20,21,22). The summed E-state index contributed by atoms with van der Waals surface area (Å²) in [5, 5.41) is 3.57. The van der Waals surface area contributed by atoms with E-state index in [2.05, 4.69) is 5.32 Å². The highest BCUT2D eigenvalue weighted by atomic mass is 32.1. The van der Waals surface area contributed by atoms with Crippen molar-refractivity contribution >= 4 is 28.9 Å². The second-order valence-electron chi connectivity index (χ2n) is 4.12. The fourth-order valence-corrected chi connectivity index (χ4v) is 1.79. The molecule has 2 rings (SSSR count). The average molecular weight is 328 g/mol. The Morgan fingerprint density at radius 3 is 2.05 bits per heavy atom. The monoisotopic (exact) mass is 328 g/mol. The molecule has 0 saturated heterocycles. The summed E-state index contributed by atoms with van der Waals surface area (Å²) in [6.07, 6.45) is 0. The summed E-state index contributed by atoms with van der Waals surface area (Å²) in [5.41, 5.74) is -0.867. The summed E-state index contributed by atoms with van der Waals surface area (Å²) in [6.45, 7) is 0. The van der Waals surface area contributed by atoms with Crippen LogP contribution < -0.4 is 10.6 Å². The van der Waals surface area contributed by atoms with Crippen molar-refractivity contribution in [2.45, 2.75) is 0 Å². The number of hydrogen-bond acceptors (Lipinski definition) is 2. The Morgan fingerprint density at radius 2 is 1.50 bits per heavy atom. The molecule has 22 heavy (non-hydrogen) atoms. The number of hydrogen-bond donors (Lipinski definition) is 2. The first-order chi connectivity index (χ1) is 10.4. The maximum atomic E-state index is 13.4. The maximum Gasteiger partial charge on any atom is 0.257 e. The number of nitrogens with one attached hydrogen (secondary N) is 2. The first kappa shape index (κ1) is 15.9. The Morgan fingerprint density at radius 1 is 0.955 bits per heavy atom. The quantitative estimate of drug-likeness (QED) is 0.504. The van der Waals surface area contributed by atoms with Gasteiger partial charge in [0.2, 0.25) is 0 Å². The van der Waals surface area contributed by atoms with E-state index >= 15 is 0 Å². The number of thiocarbonyl (C=S) groups is 1. The lowest BCUT2D eigenvalue weighted by molar-refractivity contribution is 0.0977. The van der Waals surface area contributed by atoms with E-state index in [-0.39, 0.29) is 11.6 Å². The van der Waals surface area contributed by atoms with Crippen LogP contribution in [-0.2, 0) is 0 Å². The van der Waals surface area contributed by atoms with Crippen molar-refractivity contribution in [1.82, 2.24) is 5.32 Å². The summed E-state index contributed by atoms with van der Waals surface area (Å²) in [7, 11) is 0. The minimum Gasteiger partial charge on any atom is -0.327 e.